The number of benzene rings is 1. The van der Waals surface area contributed by atoms with E-state index in [1.165, 1.54) is 22.0 Å². The van der Waals surface area contributed by atoms with E-state index in [1.54, 1.807) is 16.8 Å². The fourth-order valence-electron chi connectivity index (χ4n) is 7.67. The molecule has 62 heavy (non-hydrogen) atoms. The normalized spacial score (nSPS) is 20.7. The number of rotatable bonds is 23. The van der Waals surface area contributed by atoms with Crippen LogP contribution < -0.4 is 16.0 Å². The van der Waals surface area contributed by atoms with Gasteiger partial charge in [-0.05, 0) is 55.1 Å². The highest BCUT2D eigenvalue weighted by molar-refractivity contribution is 7.13. The number of amides is 6. The van der Waals surface area contributed by atoms with Crippen molar-refractivity contribution in [3.05, 3.63) is 53.2 Å². The van der Waals surface area contributed by atoms with Crippen molar-refractivity contribution in [1.29, 1.82) is 0 Å². The van der Waals surface area contributed by atoms with Crippen molar-refractivity contribution >= 4 is 46.8 Å². The fraction of sp³-hybridized carbons (Fsp3) is 0.614. The van der Waals surface area contributed by atoms with Crippen LogP contribution in [0.5, 0.6) is 0 Å². The average Bonchev–Trinajstić information content (AvgIpc) is 3.96. The molecule has 4 N–H and O–H groups in total. The molecule has 3 aliphatic rings. The minimum Gasteiger partial charge on any atom is -0.391 e. The van der Waals surface area contributed by atoms with Gasteiger partial charge in [-0.1, -0.05) is 45.0 Å². The monoisotopic (exact) mass is 882 g/mol. The molecule has 2 fully saturated rings. The summed E-state index contributed by atoms with van der Waals surface area (Å²) in [5.74, 6) is -1.72. The standard InChI is InChI=1S/C44H62N6O11S/c1-29-39(62-28-47-29)32-9-5-30(6-10-32)24-46-42(56)35-23-34(51)26-49(35)43(57)40(44(2,3)4)48-36(52)27-61-22-21-60-20-19-59-18-17-58-16-15-45-41(55)33-11-7-31(8-12-33)25-50-37(53)13-14-38(50)54/h5-6,9-10,13-14,28,31,33-35,40,51H,7-8,11-12,15-27H2,1-4H3,(H,45,55)(H,46,56)(H,48,52). The largest absolute Gasteiger partial charge is 0.391 e. The van der Waals surface area contributed by atoms with Gasteiger partial charge in [-0.3, -0.25) is 33.7 Å². The first-order chi connectivity index (χ1) is 29.7. The molecule has 2 aromatic rings. The molecule has 0 spiro atoms. The number of likely N-dealkylation sites (tertiary alicyclic amines) is 1. The van der Waals surface area contributed by atoms with Crippen LogP contribution in [0.1, 0.15) is 64.1 Å². The molecule has 1 aromatic carbocycles. The van der Waals surface area contributed by atoms with Crippen LogP contribution in [0.15, 0.2) is 41.9 Å². The zero-order chi connectivity index (χ0) is 44.6. The number of hydrogen-bond donors (Lipinski definition) is 4. The highest BCUT2D eigenvalue weighted by Crippen LogP contribution is 2.31. The van der Waals surface area contributed by atoms with Crippen LogP contribution in [0.3, 0.4) is 0 Å². The molecule has 0 bridgehead atoms. The summed E-state index contributed by atoms with van der Waals surface area (Å²) in [5.41, 5.74) is 4.00. The summed E-state index contributed by atoms with van der Waals surface area (Å²) >= 11 is 1.57. The molecule has 1 saturated carbocycles. The summed E-state index contributed by atoms with van der Waals surface area (Å²) in [6, 6.07) is 5.98. The average molecular weight is 883 g/mol. The second-order valence-electron chi connectivity index (χ2n) is 17.0. The van der Waals surface area contributed by atoms with Gasteiger partial charge < -0.3 is 44.9 Å². The number of imide groups is 1. The maximum absolute atomic E-state index is 13.9. The molecular formula is C44H62N6O11S. The van der Waals surface area contributed by atoms with Gasteiger partial charge in [0.1, 0.15) is 18.7 Å². The lowest BCUT2D eigenvalue weighted by Crippen LogP contribution is -2.58. The third-order valence-corrected chi connectivity index (χ3v) is 12.1. The van der Waals surface area contributed by atoms with Crippen molar-refractivity contribution in [1.82, 2.24) is 30.7 Å². The number of thiazole rings is 1. The molecule has 6 amide bonds. The topological polar surface area (TPSA) is 215 Å². The lowest BCUT2D eigenvalue weighted by atomic mass is 9.81. The Morgan fingerprint density at radius 3 is 2.06 bits per heavy atom. The Morgan fingerprint density at radius 2 is 1.47 bits per heavy atom. The van der Waals surface area contributed by atoms with Crippen LogP contribution >= 0.6 is 11.3 Å². The SMILES string of the molecule is Cc1ncsc1-c1ccc(CNC(=O)C2CC(O)CN2C(=O)C(NC(=O)COCCOCCOCCOCCNC(=O)C2CCC(CN3C(=O)C=CC3=O)CC2)C(C)(C)C)cc1. The molecule has 0 radical (unpaired) electrons. The Morgan fingerprint density at radius 1 is 0.855 bits per heavy atom. The molecule has 3 heterocycles. The van der Waals surface area contributed by atoms with Gasteiger partial charge in [-0.2, -0.15) is 0 Å². The molecule has 1 saturated heterocycles. The van der Waals surface area contributed by atoms with Crippen molar-refractivity contribution in [2.75, 3.05) is 72.5 Å². The number of aliphatic hydroxyl groups excluding tert-OH is 1. The predicted octanol–water partition coefficient (Wildman–Crippen LogP) is 2.14. The van der Waals surface area contributed by atoms with Gasteiger partial charge in [0.15, 0.2) is 0 Å². The van der Waals surface area contributed by atoms with Crippen LogP contribution in [-0.2, 0) is 54.3 Å². The van der Waals surface area contributed by atoms with Gasteiger partial charge in [0.05, 0.1) is 68.4 Å². The summed E-state index contributed by atoms with van der Waals surface area (Å²) in [6.07, 6.45) is 4.85. The Balaban J connectivity index is 0.883. The van der Waals surface area contributed by atoms with Crippen molar-refractivity contribution in [3.8, 4) is 10.4 Å². The highest BCUT2D eigenvalue weighted by atomic mass is 32.1. The smallest absolute Gasteiger partial charge is 0.253 e. The number of aliphatic hydroxyl groups is 1. The van der Waals surface area contributed by atoms with E-state index in [1.807, 2.05) is 52.0 Å². The molecule has 340 valence electrons. The van der Waals surface area contributed by atoms with Crippen molar-refractivity contribution in [2.24, 2.45) is 17.3 Å². The quantitative estimate of drug-likeness (QED) is 0.0934. The first-order valence-corrected chi connectivity index (χ1v) is 22.3. The Labute approximate surface area is 367 Å². The summed E-state index contributed by atoms with van der Waals surface area (Å²) in [7, 11) is 0. The molecular weight excluding hydrogens is 821 g/mol. The minimum absolute atomic E-state index is 0.00284. The van der Waals surface area contributed by atoms with Crippen LogP contribution in [0.25, 0.3) is 10.4 Å². The van der Waals surface area contributed by atoms with Crippen LogP contribution in [0, 0.1) is 24.2 Å². The Kier molecular flexibility index (Phi) is 18.6. The number of nitrogens with zero attached hydrogens (tertiary/aromatic N) is 3. The van der Waals surface area contributed by atoms with Gasteiger partial charge in [0, 0.05) is 50.7 Å². The maximum atomic E-state index is 13.9. The van der Waals surface area contributed by atoms with Gasteiger partial charge >= 0.3 is 0 Å². The Hall–Kier alpha value is -4.59. The van der Waals surface area contributed by atoms with E-state index < -0.39 is 35.4 Å². The number of β-amino-alcohol motifs (C(OH)–C–C–N with tert-alkyl or cyclic N) is 1. The van der Waals surface area contributed by atoms with E-state index in [2.05, 4.69) is 20.9 Å². The highest BCUT2D eigenvalue weighted by Gasteiger charge is 2.44. The lowest BCUT2D eigenvalue weighted by Gasteiger charge is -2.35. The van der Waals surface area contributed by atoms with Crippen LogP contribution in [0.2, 0.25) is 0 Å². The van der Waals surface area contributed by atoms with E-state index in [9.17, 15) is 33.9 Å². The molecule has 18 heteroatoms. The van der Waals surface area contributed by atoms with Crippen molar-refractivity contribution < 1.29 is 52.8 Å². The Bertz CT molecular complexity index is 1840. The van der Waals surface area contributed by atoms with Gasteiger partial charge in [0.25, 0.3) is 11.8 Å². The number of nitrogens with one attached hydrogen (secondary N) is 3. The van der Waals surface area contributed by atoms with Crippen LogP contribution in [0.4, 0.5) is 0 Å². The zero-order valence-electron chi connectivity index (χ0n) is 36.2. The third kappa shape index (κ3) is 14.5. The number of aryl methyl sites for hydroxylation is 1. The third-order valence-electron chi connectivity index (χ3n) is 11.2. The molecule has 1 aliphatic carbocycles. The maximum Gasteiger partial charge on any atom is 0.253 e. The molecule has 5 rings (SSSR count). The molecule has 2 aliphatic heterocycles. The van der Waals surface area contributed by atoms with E-state index in [0.717, 1.165) is 47.4 Å². The molecule has 3 atom stereocenters. The number of carbonyl (C=O) groups excluding carboxylic acids is 6. The molecule has 3 unspecified atom stereocenters. The number of ether oxygens (including phenoxy) is 4. The lowest BCUT2D eigenvalue weighted by molar-refractivity contribution is -0.144. The molecule has 1 aromatic heterocycles. The van der Waals surface area contributed by atoms with Crippen molar-refractivity contribution in [3.63, 3.8) is 0 Å². The number of aromatic nitrogens is 1. The predicted molar refractivity (Wildman–Crippen MR) is 229 cm³/mol. The zero-order valence-corrected chi connectivity index (χ0v) is 37.0. The van der Waals surface area contributed by atoms with E-state index >= 15 is 0 Å². The summed E-state index contributed by atoms with van der Waals surface area (Å²) in [4.78, 5) is 84.3. The van der Waals surface area contributed by atoms with Gasteiger partial charge in [-0.15, -0.1) is 11.3 Å². The van der Waals surface area contributed by atoms with E-state index in [4.69, 9.17) is 18.9 Å². The van der Waals surface area contributed by atoms with E-state index in [-0.39, 0.29) is 74.8 Å². The fourth-order valence-corrected chi connectivity index (χ4v) is 8.49. The first-order valence-electron chi connectivity index (χ1n) is 21.4. The number of carbonyl (C=O) groups is 6. The minimum atomic E-state index is -0.970. The van der Waals surface area contributed by atoms with Gasteiger partial charge in [-0.25, -0.2) is 4.98 Å². The number of hydrogen-bond acceptors (Lipinski definition) is 13. The summed E-state index contributed by atoms with van der Waals surface area (Å²) in [6.45, 7) is 10.2. The van der Waals surface area contributed by atoms with E-state index in [0.29, 0.717) is 46.1 Å². The second-order valence-corrected chi connectivity index (χ2v) is 17.8. The summed E-state index contributed by atoms with van der Waals surface area (Å²) in [5, 5.41) is 19.1. The first kappa shape index (κ1) is 48.4. The summed E-state index contributed by atoms with van der Waals surface area (Å²) < 4.78 is 22.1. The second kappa shape index (κ2) is 23.7. The van der Waals surface area contributed by atoms with Crippen LogP contribution in [-0.4, -0.2) is 146 Å². The van der Waals surface area contributed by atoms with Gasteiger partial charge in [0.2, 0.25) is 23.6 Å². The van der Waals surface area contributed by atoms with Crippen molar-refractivity contribution in [2.45, 2.75) is 84.5 Å². The molecule has 17 nitrogen and oxygen atoms in total.